The van der Waals surface area contributed by atoms with Gasteiger partial charge in [0.05, 0.1) is 7.11 Å². The zero-order valence-electron chi connectivity index (χ0n) is 13.1. The maximum Gasteiger partial charge on any atom is 0.275 e. The van der Waals surface area contributed by atoms with Crippen LogP contribution in [0.15, 0.2) is 47.1 Å². The molecule has 6 heteroatoms. The van der Waals surface area contributed by atoms with E-state index < -0.39 is 17.5 Å². The Kier molecular flexibility index (Phi) is 4.12. The molecule has 0 bridgehead atoms. The zero-order valence-corrected chi connectivity index (χ0v) is 13.1. The van der Waals surface area contributed by atoms with Crippen LogP contribution in [0.25, 0.3) is 6.08 Å². The summed E-state index contributed by atoms with van der Waals surface area (Å²) in [6.07, 6.45) is 1.62. The van der Waals surface area contributed by atoms with Crippen molar-refractivity contribution in [1.82, 2.24) is 5.32 Å². The fourth-order valence-electron chi connectivity index (χ4n) is 2.40. The molecule has 2 aromatic carbocycles. The number of nitrogens with one attached hydrogen (secondary N) is 1. The van der Waals surface area contributed by atoms with Crippen molar-refractivity contribution in [1.29, 1.82) is 0 Å². The van der Waals surface area contributed by atoms with Gasteiger partial charge in [-0.15, -0.1) is 0 Å². The molecule has 0 saturated carbocycles. The third-order valence-corrected chi connectivity index (χ3v) is 3.61. The summed E-state index contributed by atoms with van der Waals surface area (Å²) >= 11 is 0. The summed E-state index contributed by atoms with van der Waals surface area (Å²) in [6, 6.07) is 8.82. The molecular formula is C18H14F2N2O2. The first-order valence-corrected chi connectivity index (χ1v) is 7.20. The SMILES string of the molecule is COc1ccc(/C=C2/N=C(c3ccc(F)c(F)c3)NC2=O)cc1C. The van der Waals surface area contributed by atoms with Crippen LogP contribution in [0.3, 0.4) is 0 Å². The number of carbonyl (C=O) groups excluding carboxylic acids is 1. The number of ether oxygens (including phenoxy) is 1. The van der Waals surface area contributed by atoms with Crippen LogP contribution in [-0.4, -0.2) is 18.9 Å². The molecule has 3 rings (SSSR count). The summed E-state index contributed by atoms with van der Waals surface area (Å²) in [7, 11) is 1.59. The molecule has 122 valence electrons. The molecule has 1 N–H and O–H groups in total. The van der Waals surface area contributed by atoms with Gasteiger partial charge in [0.25, 0.3) is 5.91 Å². The number of halogens is 2. The highest BCUT2D eigenvalue weighted by Crippen LogP contribution is 2.22. The number of aliphatic imine (C=N–C) groups is 1. The van der Waals surface area contributed by atoms with Crippen LogP contribution < -0.4 is 10.1 Å². The molecule has 2 aromatic rings. The Morgan fingerprint density at radius 2 is 1.92 bits per heavy atom. The Labute approximate surface area is 137 Å². The maximum absolute atomic E-state index is 13.3. The second-order valence-corrected chi connectivity index (χ2v) is 5.30. The van der Waals surface area contributed by atoms with Crippen molar-refractivity contribution < 1.29 is 18.3 Å². The zero-order chi connectivity index (χ0) is 17.3. The van der Waals surface area contributed by atoms with Gasteiger partial charge in [-0.3, -0.25) is 4.79 Å². The predicted molar refractivity (Wildman–Crippen MR) is 86.7 cm³/mol. The summed E-state index contributed by atoms with van der Waals surface area (Å²) < 4.78 is 31.5. The summed E-state index contributed by atoms with van der Waals surface area (Å²) in [5.74, 6) is -1.40. The van der Waals surface area contributed by atoms with Crippen molar-refractivity contribution >= 4 is 17.8 Å². The first-order chi connectivity index (χ1) is 11.5. The smallest absolute Gasteiger partial charge is 0.275 e. The van der Waals surface area contributed by atoms with Gasteiger partial charge in [-0.1, -0.05) is 6.07 Å². The highest BCUT2D eigenvalue weighted by Gasteiger charge is 2.22. The molecule has 0 unspecified atom stereocenters. The lowest BCUT2D eigenvalue weighted by atomic mass is 10.1. The number of aryl methyl sites for hydroxylation is 1. The van der Waals surface area contributed by atoms with Crippen molar-refractivity contribution in [3.05, 3.63) is 70.4 Å². The molecule has 1 amide bonds. The van der Waals surface area contributed by atoms with Crippen LogP contribution in [0.2, 0.25) is 0 Å². The summed E-state index contributed by atoms with van der Waals surface area (Å²) in [4.78, 5) is 16.2. The average molecular weight is 328 g/mol. The predicted octanol–water partition coefficient (Wildman–Crippen LogP) is 3.20. The number of carbonyl (C=O) groups is 1. The van der Waals surface area contributed by atoms with Crippen molar-refractivity contribution in [2.24, 2.45) is 4.99 Å². The molecule has 1 heterocycles. The van der Waals surface area contributed by atoms with Gasteiger partial charge >= 0.3 is 0 Å². The van der Waals surface area contributed by atoms with Crippen molar-refractivity contribution in [3.8, 4) is 5.75 Å². The van der Waals surface area contributed by atoms with Gasteiger partial charge in [0.1, 0.15) is 17.3 Å². The van der Waals surface area contributed by atoms with Crippen LogP contribution >= 0.6 is 0 Å². The van der Waals surface area contributed by atoms with E-state index in [2.05, 4.69) is 10.3 Å². The first kappa shape index (κ1) is 15.9. The first-order valence-electron chi connectivity index (χ1n) is 7.20. The lowest BCUT2D eigenvalue weighted by molar-refractivity contribution is -0.115. The topological polar surface area (TPSA) is 50.7 Å². The molecule has 0 radical (unpaired) electrons. The number of nitrogens with zero attached hydrogens (tertiary/aromatic N) is 1. The number of amides is 1. The standard InChI is InChI=1S/C18H14F2N2O2/c1-10-7-11(3-6-16(10)24-2)8-15-18(23)22-17(21-15)12-4-5-13(19)14(20)9-12/h3-9H,1-2H3,(H,21,22,23)/b15-8+. The average Bonchev–Trinajstić information content (AvgIpc) is 2.91. The van der Waals surface area contributed by atoms with Crippen molar-refractivity contribution in [2.75, 3.05) is 7.11 Å². The molecule has 0 spiro atoms. The monoisotopic (exact) mass is 328 g/mol. The van der Waals surface area contributed by atoms with Gasteiger partial charge in [-0.05, 0) is 54.5 Å². The fraction of sp³-hybridized carbons (Fsp3) is 0.111. The Balaban J connectivity index is 1.93. The van der Waals surface area contributed by atoms with Crippen LogP contribution in [0.5, 0.6) is 5.75 Å². The Bertz CT molecular complexity index is 889. The number of amidine groups is 1. The van der Waals surface area contributed by atoms with Crippen LogP contribution in [0.1, 0.15) is 16.7 Å². The van der Waals surface area contributed by atoms with Crippen molar-refractivity contribution in [3.63, 3.8) is 0 Å². The summed E-state index contributed by atoms with van der Waals surface area (Å²) in [5, 5.41) is 2.55. The number of rotatable bonds is 3. The molecule has 0 fully saturated rings. The normalized spacial score (nSPS) is 15.4. The van der Waals surface area contributed by atoms with E-state index in [1.165, 1.54) is 6.07 Å². The highest BCUT2D eigenvalue weighted by atomic mass is 19.2. The molecule has 1 aliphatic rings. The van der Waals surface area contributed by atoms with Gasteiger partial charge in [0.2, 0.25) is 0 Å². The molecule has 0 aliphatic carbocycles. The Hall–Kier alpha value is -3.02. The number of hydrogen-bond donors (Lipinski definition) is 1. The molecule has 24 heavy (non-hydrogen) atoms. The van der Waals surface area contributed by atoms with E-state index in [4.69, 9.17) is 4.74 Å². The van der Waals surface area contributed by atoms with Gasteiger partial charge in [-0.25, -0.2) is 13.8 Å². The van der Waals surface area contributed by atoms with E-state index >= 15 is 0 Å². The number of methoxy groups -OCH3 is 1. The highest BCUT2D eigenvalue weighted by molar-refractivity contribution is 6.19. The van der Waals surface area contributed by atoms with Crippen molar-refractivity contribution in [2.45, 2.75) is 6.92 Å². The Morgan fingerprint density at radius 1 is 1.12 bits per heavy atom. The summed E-state index contributed by atoms with van der Waals surface area (Å²) in [6.45, 7) is 1.89. The van der Waals surface area contributed by atoms with E-state index in [0.717, 1.165) is 29.0 Å². The fourth-order valence-corrected chi connectivity index (χ4v) is 2.40. The van der Waals surface area contributed by atoms with E-state index in [1.807, 2.05) is 13.0 Å². The number of hydrogen-bond acceptors (Lipinski definition) is 3. The van der Waals surface area contributed by atoms with Gasteiger partial charge < -0.3 is 10.1 Å². The van der Waals surface area contributed by atoms with E-state index in [9.17, 15) is 13.6 Å². The van der Waals surface area contributed by atoms with Crippen LogP contribution in [0, 0.1) is 18.6 Å². The second-order valence-electron chi connectivity index (χ2n) is 5.30. The maximum atomic E-state index is 13.3. The van der Waals surface area contributed by atoms with Gasteiger partial charge in [0, 0.05) is 5.56 Å². The third-order valence-electron chi connectivity index (χ3n) is 3.61. The second kappa shape index (κ2) is 6.23. The lowest BCUT2D eigenvalue weighted by Crippen LogP contribution is -2.24. The largest absolute Gasteiger partial charge is 0.496 e. The van der Waals surface area contributed by atoms with Crippen LogP contribution in [-0.2, 0) is 4.79 Å². The molecular weight excluding hydrogens is 314 g/mol. The molecule has 0 aromatic heterocycles. The van der Waals surface area contributed by atoms with Crippen LogP contribution in [0.4, 0.5) is 8.78 Å². The van der Waals surface area contributed by atoms with E-state index in [-0.39, 0.29) is 11.5 Å². The van der Waals surface area contributed by atoms with Gasteiger partial charge in [-0.2, -0.15) is 0 Å². The molecule has 0 atom stereocenters. The minimum absolute atomic E-state index is 0.190. The van der Waals surface area contributed by atoms with E-state index in [0.29, 0.717) is 5.56 Å². The molecule has 4 nitrogen and oxygen atoms in total. The number of benzene rings is 2. The minimum Gasteiger partial charge on any atom is -0.496 e. The third kappa shape index (κ3) is 3.03. The quantitative estimate of drug-likeness (QED) is 0.880. The van der Waals surface area contributed by atoms with E-state index in [1.54, 1.807) is 25.3 Å². The lowest BCUT2D eigenvalue weighted by Gasteiger charge is -2.04. The van der Waals surface area contributed by atoms with Gasteiger partial charge in [0.15, 0.2) is 11.6 Å². The molecule has 1 aliphatic heterocycles. The summed E-state index contributed by atoms with van der Waals surface area (Å²) in [5.41, 5.74) is 2.21. The Morgan fingerprint density at radius 3 is 2.58 bits per heavy atom. The molecule has 0 saturated heterocycles. The minimum atomic E-state index is -0.993.